The summed E-state index contributed by atoms with van der Waals surface area (Å²) in [7, 11) is 0. The SMILES string of the molecule is Cc1nsc(NC2CCSCC2)n1. The third-order valence-electron chi connectivity index (χ3n) is 2.08. The Balaban J connectivity index is 1.89. The summed E-state index contributed by atoms with van der Waals surface area (Å²) in [5, 5.41) is 4.41. The third kappa shape index (κ3) is 2.57. The summed E-state index contributed by atoms with van der Waals surface area (Å²) in [4.78, 5) is 4.29. The van der Waals surface area contributed by atoms with Crippen LogP contribution < -0.4 is 5.32 Å². The molecule has 0 radical (unpaired) electrons. The van der Waals surface area contributed by atoms with Crippen LogP contribution in [0.5, 0.6) is 0 Å². The summed E-state index contributed by atoms with van der Waals surface area (Å²) in [5.74, 6) is 3.42. The first kappa shape index (κ1) is 9.27. The van der Waals surface area contributed by atoms with E-state index in [0.29, 0.717) is 6.04 Å². The lowest BCUT2D eigenvalue weighted by Gasteiger charge is -2.21. The lowest BCUT2D eigenvalue weighted by atomic mass is 10.2. The first-order chi connectivity index (χ1) is 6.34. The molecule has 3 nitrogen and oxygen atoms in total. The van der Waals surface area contributed by atoms with Gasteiger partial charge in [0.15, 0.2) is 0 Å². The van der Waals surface area contributed by atoms with Gasteiger partial charge in [0, 0.05) is 17.6 Å². The molecule has 0 atom stereocenters. The van der Waals surface area contributed by atoms with E-state index in [1.54, 1.807) is 0 Å². The van der Waals surface area contributed by atoms with Gasteiger partial charge in [-0.05, 0) is 31.3 Å². The van der Waals surface area contributed by atoms with E-state index in [2.05, 4.69) is 14.7 Å². The van der Waals surface area contributed by atoms with E-state index < -0.39 is 0 Å². The fourth-order valence-corrected chi connectivity index (χ4v) is 3.13. The van der Waals surface area contributed by atoms with E-state index in [1.165, 1.54) is 35.9 Å². The van der Waals surface area contributed by atoms with Crippen LogP contribution in [0, 0.1) is 6.92 Å². The zero-order valence-corrected chi connectivity index (χ0v) is 9.25. The molecular formula is C8H13N3S2. The molecule has 1 aliphatic rings. The zero-order chi connectivity index (χ0) is 9.10. The molecule has 1 fully saturated rings. The Bertz CT molecular complexity index is 268. The molecule has 1 N–H and O–H groups in total. The summed E-state index contributed by atoms with van der Waals surface area (Å²) >= 11 is 3.51. The number of anilines is 1. The van der Waals surface area contributed by atoms with E-state index in [9.17, 15) is 0 Å². The topological polar surface area (TPSA) is 37.8 Å². The molecule has 1 saturated heterocycles. The monoisotopic (exact) mass is 215 g/mol. The average Bonchev–Trinajstić information content (AvgIpc) is 2.53. The first-order valence-corrected chi connectivity index (χ1v) is 6.42. The van der Waals surface area contributed by atoms with Crippen molar-refractivity contribution in [3.8, 4) is 0 Å². The van der Waals surface area contributed by atoms with Crippen molar-refractivity contribution in [2.75, 3.05) is 16.8 Å². The van der Waals surface area contributed by atoms with Crippen LogP contribution in [0.25, 0.3) is 0 Å². The van der Waals surface area contributed by atoms with Gasteiger partial charge in [0.05, 0.1) is 0 Å². The second-order valence-corrected chi connectivity index (χ2v) is 5.15. The Hall–Kier alpha value is -0.290. The maximum Gasteiger partial charge on any atom is 0.202 e. The van der Waals surface area contributed by atoms with E-state index in [4.69, 9.17) is 0 Å². The van der Waals surface area contributed by atoms with Crippen LogP contribution in [0.3, 0.4) is 0 Å². The van der Waals surface area contributed by atoms with Crippen LogP contribution in [0.15, 0.2) is 0 Å². The number of hydrogen-bond donors (Lipinski definition) is 1. The molecule has 0 aromatic carbocycles. The van der Waals surface area contributed by atoms with Gasteiger partial charge in [-0.2, -0.15) is 16.1 Å². The predicted octanol–water partition coefficient (Wildman–Crippen LogP) is 2.15. The van der Waals surface area contributed by atoms with Gasteiger partial charge < -0.3 is 5.32 Å². The van der Waals surface area contributed by atoms with E-state index in [1.807, 2.05) is 18.7 Å². The van der Waals surface area contributed by atoms with Gasteiger partial charge in [-0.1, -0.05) is 0 Å². The van der Waals surface area contributed by atoms with Crippen molar-refractivity contribution in [1.82, 2.24) is 9.36 Å². The number of thioether (sulfide) groups is 1. The minimum atomic E-state index is 0.619. The fraction of sp³-hybridized carbons (Fsp3) is 0.750. The minimum absolute atomic E-state index is 0.619. The van der Waals surface area contributed by atoms with Crippen LogP contribution in [-0.4, -0.2) is 26.9 Å². The summed E-state index contributed by atoms with van der Waals surface area (Å²) in [6, 6.07) is 0.619. The standard InChI is InChI=1S/C8H13N3S2/c1-6-9-8(13-11-6)10-7-2-4-12-5-3-7/h7H,2-5H2,1H3,(H,9,10,11). The normalized spacial score (nSPS) is 18.8. The molecule has 2 rings (SSSR count). The zero-order valence-electron chi connectivity index (χ0n) is 7.62. The van der Waals surface area contributed by atoms with E-state index in [-0.39, 0.29) is 0 Å². The largest absolute Gasteiger partial charge is 0.357 e. The molecule has 1 aromatic rings. The van der Waals surface area contributed by atoms with Crippen molar-refractivity contribution in [2.45, 2.75) is 25.8 Å². The lowest BCUT2D eigenvalue weighted by molar-refractivity contribution is 0.666. The average molecular weight is 215 g/mol. The molecule has 1 aliphatic heterocycles. The van der Waals surface area contributed by atoms with Gasteiger partial charge in [-0.15, -0.1) is 0 Å². The molecule has 0 aliphatic carbocycles. The summed E-state index contributed by atoms with van der Waals surface area (Å²) in [6.45, 7) is 1.93. The maximum atomic E-state index is 4.29. The van der Waals surface area contributed by atoms with Crippen molar-refractivity contribution in [2.24, 2.45) is 0 Å². The second kappa shape index (κ2) is 4.28. The molecule has 0 spiro atoms. The number of nitrogens with zero attached hydrogens (tertiary/aromatic N) is 2. The molecule has 1 aromatic heterocycles. The molecule has 13 heavy (non-hydrogen) atoms. The van der Waals surface area contributed by atoms with Crippen molar-refractivity contribution >= 4 is 28.4 Å². The Morgan fingerprint density at radius 1 is 1.38 bits per heavy atom. The molecule has 0 amide bonds. The lowest BCUT2D eigenvalue weighted by Crippen LogP contribution is -2.24. The Morgan fingerprint density at radius 3 is 2.77 bits per heavy atom. The van der Waals surface area contributed by atoms with Crippen LogP contribution in [0.1, 0.15) is 18.7 Å². The summed E-state index contributed by atoms with van der Waals surface area (Å²) in [6.07, 6.45) is 2.51. The molecule has 0 saturated carbocycles. The highest BCUT2D eigenvalue weighted by atomic mass is 32.2. The van der Waals surface area contributed by atoms with Gasteiger partial charge in [0.2, 0.25) is 5.13 Å². The van der Waals surface area contributed by atoms with Crippen LogP contribution in [-0.2, 0) is 0 Å². The first-order valence-electron chi connectivity index (χ1n) is 4.49. The molecule has 0 unspecified atom stereocenters. The Morgan fingerprint density at radius 2 is 2.15 bits per heavy atom. The number of nitrogens with one attached hydrogen (secondary N) is 1. The van der Waals surface area contributed by atoms with Crippen molar-refractivity contribution < 1.29 is 0 Å². The quantitative estimate of drug-likeness (QED) is 0.820. The number of aromatic nitrogens is 2. The number of hydrogen-bond acceptors (Lipinski definition) is 5. The summed E-state index contributed by atoms with van der Waals surface area (Å²) in [5.41, 5.74) is 0. The van der Waals surface area contributed by atoms with Gasteiger partial charge in [0.25, 0.3) is 0 Å². The van der Waals surface area contributed by atoms with Crippen molar-refractivity contribution in [3.05, 3.63) is 5.82 Å². The van der Waals surface area contributed by atoms with Gasteiger partial charge in [0.1, 0.15) is 5.82 Å². The predicted molar refractivity (Wildman–Crippen MR) is 58.6 cm³/mol. The Kier molecular flexibility index (Phi) is 3.05. The highest BCUT2D eigenvalue weighted by Crippen LogP contribution is 2.21. The molecule has 2 heterocycles. The molecule has 72 valence electrons. The fourth-order valence-electron chi connectivity index (χ4n) is 1.37. The smallest absolute Gasteiger partial charge is 0.202 e. The van der Waals surface area contributed by atoms with Gasteiger partial charge >= 0.3 is 0 Å². The van der Waals surface area contributed by atoms with Gasteiger partial charge in [-0.25, -0.2) is 4.98 Å². The minimum Gasteiger partial charge on any atom is -0.357 e. The van der Waals surface area contributed by atoms with Crippen molar-refractivity contribution in [3.63, 3.8) is 0 Å². The molecular weight excluding hydrogens is 202 g/mol. The van der Waals surface area contributed by atoms with Crippen LogP contribution in [0.2, 0.25) is 0 Å². The molecule has 0 bridgehead atoms. The summed E-state index contributed by atoms with van der Waals surface area (Å²) < 4.78 is 4.14. The number of aryl methyl sites for hydroxylation is 1. The number of rotatable bonds is 2. The second-order valence-electron chi connectivity index (χ2n) is 3.18. The van der Waals surface area contributed by atoms with Crippen LogP contribution in [0.4, 0.5) is 5.13 Å². The van der Waals surface area contributed by atoms with Gasteiger partial charge in [-0.3, -0.25) is 0 Å². The van der Waals surface area contributed by atoms with E-state index in [0.717, 1.165) is 11.0 Å². The highest BCUT2D eigenvalue weighted by Gasteiger charge is 2.14. The maximum absolute atomic E-state index is 4.29. The van der Waals surface area contributed by atoms with E-state index >= 15 is 0 Å². The van der Waals surface area contributed by atoms with Crippen LogP contribution >= 0.6 is 23.3 Å². The van der Waals surface area contributed by atoms with Crippen molar-refractivity contribution in [1.29, 1.82) is 0 Å². The Labute approximate surface area is 86.5 Å². The highest BCUT2D eigenvalue weighted by molar-refractivity contribution is 7.99. The third-order valence-corrected chi connectivity index (χ3v) is 3.86. The molecule has 5 heteroatoms.